The van der Waals surface area contributed by atoms with Gasteiger partial charge in [0.05, 0.1) is 19.2 Å². The van der Waals surface area contributed by atoms with Gasteiger partial charge in [-0.15, -0.1) is 11.3 Å². The minimum absolute atomic E-state index is 0.109. The Morgan fingerprint density at radius 1 is 1.17 bits per heavy atom. The number of carbonyl (C=O) groups excluding carboxylic acids is 1. The molecule has 1 heterocycles. The summed E-state index contributed by atoms with van der Waals surface area (Å²) >= 11 is 1.57. The van der Waals surface area contributed by atoms with Gasteiger partial charge in [-0.1, -0.05) is 24.3 Å². The van der Waals surface area contributed by atoms with Crippen LogP contribution in [-0.4, -0.2) is 18.7 Å². The summed E-state index contributed by atoms with van der Waals surface area (Å²) in [5.74, 6) is 0.726. The van der Waals surface area contributed by atoms with Crippen LogP contribution in [0.2, 0.25) is 0 Å². The number of amides is 1. The fourth-order valence-electron chi connectivity index (χ4n) is 2.40. The van der Waals surface area contributed by atoms with E-state index >= 15 is 0 Å². The fourth-order valence-corrected chi connectivity index (χ4v) is 3.10. The number of nitrogens with one attached hydrogen (secondary N) is 1. The molecule has 4 nitrogen and oxygen atoms in total. The lowest BCUT2D eigenvalue weighted by molar-refractivity contribution is -0.120. The maximum Gasteiger partial charge on any atom is 0.245 e. The minimum Gasteiger partial charge on any atom is -0.497 e. The highest BCUT2D eigenvalue weighted by Gasteiger charge is 2.05. The van der Waals surface area contributed by atoms with Crippen molar-refractivity contribution in [1.29, 1.82) is 0 Å². The highest BCUT2D eigenvalue weighted by molar-refractivity contribution is 7.10. The highest BCUT2D eigenvalue weighted by atomic mass is 32.1. The van der Waals surface area contributed by atoms with Crippen LogP contribution < -0.4 is 10.2 Å². The van der Waals surface area contributed by atoms with Crippen molar-refractivity contribution in [3.63, 3.8) is 0 Å². The van der Waals surface area contributed by atoms with Crippen molar-refractivity contribution in [2.75, 3.05) is 7.11 Å². The van der Waals surface area contributed by atoms with Crippen molar-refractivity contribution in [2.24, 2.45) is 5.10 Å². The zero-order valence-corrected chi connectivity index (χ0v) is 14.4. The van der Waals surface area contributed by atoms with Gasteiger partial charge in [0.15, 0.2) is 0 Å². The zero-order valence-electron chi connectivity index (χ0n) is 13.6. The molecule has 3 rings (SSSR count). The summed E-state index contributed by atoms with van der Waals surface area (Å²) in [6.45, 7) is 1.89. The van der Waals surface area contributed by atoms with E-state index < -0.39 is 0 Å². The summed E-state index contributed by atoms with van der Waals surface area (Å²) in [7, 11) is 1.66. The number of hydrogen-bond acceptors (Lipinski definition) is 4. The molecular weight excluding hydrogens is 320 g/mol. The number of carbonyl (C=O) groups is 1. The molecule has 3 aromatic rings. The van der Waals surface area contributed by atoms with Crippen molar-refractivity contribution in [3.05, 3.63) is 64.4 Å². The number of benzene rings is 2. The lowest BCUT2D eigenvalue weighted by Crippen LogP contribution is -2.20. The SMILES string of the molecule is COc1ccc2cc(/C(C)=N\NC(=O)Cc3cccs3)ccc2c1. The fraction of sp³-hybridized carbons (Fsp3) is 0.158. The highest BCUT2D eigenvalue weighted by Crippen LogP contribution is 2.22. The standard InChI is InChI=1S/C19H18N2O2S/c1-13(20-21-19(22)12-18-4-3-9-24-18)14-5-6-16-11-17(23-2)8-7-15(16)10-14/h3-11H,12H2,1-2H3,(H,21,22)/b20-13-. The van der Waals surface area contributed by atoms with Crippen LogP contribution in [0.3, 0.4) is 0 Å². The molecule has 1 amide bonds. The first-order valence-corrected chi connectivity index (χ1v) is 8.47. The molecule has 122 valence electrons. The van der Waals surface area contributed by atoms with Crippen molar-refractivity contribution < 1.29 is 9.53 Å². The summed E-state index contributed by atoms with van der Waals surface area (Å²) in [5.41, 5.74) is 4.37. The van der Waals surface area contributed by atoms with Gasteiger partial charge < -0.3 is 4.74 Å². The molecule has 5 heteroatoms. The topological polar surface area (TPSA) is 50.7 Å². The van der Waals surface area contributed by atoms with E-state index in [1.54, 1.807) is 18.4 Å². The summed E-state index contributed by atoms with van der Waals surface area (Å²) in [6.07, 6.45) is 0.353. The van der Waals surface area contributed by atoms with E-state index in [0.717, 1.165) is 32.7 Å². The Morgan fingerprint density at radius 3 is 2.71 bits per heavy atom. The van der Waals surface area contributed by atoms with Gasteiger partial charge in [0.2, 0.25) is 5.91 Å². The van der Waals surface area contributed by atoms with E-state index in [4.69, 9.17) is 4.74 Å². The summed E-state index contributed by atoms with van der Waals surface area (Å²) < 4.78 is 5.24. The zero-order chi connectivity index (χ0) is 16.9. The van der Waals surface area contributed by atoms with Crippen LogP contribution >= 0.6 is 11.3 Å². The summed E-state index contributed by atoms with van der Waals surface area (Å²) in [6, 6.07) is 15.9. The molecule has 1 N–H and O–H groups in total. The van der Waals surface area contributed by atoms with Crippen LogP contribution in [-0.2, 0) is 11.2 Å². The van der Waals surface area contributed by atoms with Gasteiger partial charge in [0.25, 0.3) is 0 Å². The summed E-state index contributed by atoms with van der Waals surface area (Å²) in [5, 5.41) is 8.38. The first kappa shape index (κ1) is 16.2. The Balaban J connectivity index is 1.72. The third kappa shape index (κ3) is 3.81. The molecule has 1 aromatic heterocycles. The molecule has 0 saturated heterocycles. The van der Waals surface area contributed by atoms with E-state index in [0.29, 0.717) is 6.42 Å². The smallest absolute Gasteiger partial charge is 0.245 e. The van der Waals surface area contributed by atoms with Gasteiger partial charge in [0, 0.05) is 4.88 Å². The first-order valence-electron chi connectivity index (χ1n) is 7.59. The molecule has 0 spiro atoms. The quantitative estimate of drug-likeness (QED) is 0.565. The van der Waals surface area contributed by atoms with E-state index in [-0.39, 0.29) is 5.91 Å². The number of hydrazone groups is 1. The average molecular weight is 338 g/mol. The number of ether oxygens (including phenoxy) is 1. The third-order valence-electron chi connectivity index (χ3n) is 3.73. The van der Waals surface area contributed by atoms with Gasteiger partial charge in [-0.2, -0.15) is 5.10 Å². The van der Waals surface area contributed by atoms with Crippen LogP contribution in [0.15, 0.2) is 59.0 Å². The number of nitrogens with zero attached hydrogens (tertiary/aromatic N) is 1. The molecule has 2 aromatic carbocycles. The molecule has 0 aliphatic rings. The van der Waals surface area contributed by atoms with Crippen LogP contribution in [0.25, 0.3) is 10.8 Å². The van der Waals surface area contributed by atoms with Crippen LogP contribution in [0, 0.1) is 0 Å². The molecule has 0 atom stereocenters. The predicted octanol–water partition coefficient (Wildman–Crippen LogP) is 3.99. The number of thiophene rings is 1. The number of fused-ring (bicyclic) bond motifs is 1. The second kappa shape index (κ2) is 7.27. The van der Waals surface area contributed by atoms with E-state index in [1.807, 2.05) is 54.8 Å². The second-order valence-electron chi connectivity index (χ2n) is 5.42. The summed E-state index contributed by atoms with van der Waals surface area (Å²) in [4.78, 5) is 12.9. The molecule has 0 aliphatic heterocycles. The average Bonchev–Trinajstić information content (AvgIpc) is 3.11. The Hall–Kier alpha value is -2.66. The van der Waals surface area contributed by atoms with Crippen molar-refractivity contribution >= 4 is 33.7 Å². The Bertz CT molecular complexity index is 886. The minimum atomic E-state index is -0.109. The Labute approximate surface area is 144 Å². The third-order valence-corrected chi connectivity index (χ3v) is 4.60. The van der Waals surface area contributed by atoms with Crippen molar-refractivity contribution in [3.8, 4) is 5.75 Å². The maximum atomic E-state index is 11.9. The van der Waals surface area contributed by atoms with E-state index in [9.17, 15) is 4.79 Å². The normalized spacial score (nSPS) is 11.5. The Morgan fingerprint density at radius 2 is 1.96 bits per heavy atom. The second-order valence-corrected chi connectivity index (χ2v) is 6.45. The van der Waals surface area contributed by atoms with Gasteiger partial charge in [0.1, 0.15) is 5.75 Å². The lowest BCUT2D eigenvalue weighted by Gasteiger charge is -2.06. The van der Waals surface area contributed by atoms with Crippen LogP contribution in [0.5, 0.6) is 5.75 Å². The molecule has 0 fully saturated rings. The van der Waals surface area contributed by atoms with Gasteiger partial charge in [-0.05, 0) is 52.9 Å². The molecule has 0 radical (unpaired) electrons. The molecular formula is C19H18N2O2S. The van der Waals surface area contributed by atoms with Gasteiger partial charge >= 0.3 is 0 Å². The number of hydrogen-bond donors (Lipinski definition) is 1. The molecule has 0 saturated carbocycles. The maximum absolute atomic E-state index is 11.9. The number of methoxy groups -OCH3 is 1. The molecule has 24 heavy (non-hydrogen) atoms. The molecule has 0 bridgehead atoms. The van der Waals surface area contributed by atoms with E-state index in [2.05, 4.69) is 16.6 Å². The molecule has 0 aliphatic carbocycles. The van der Waals surface area contributed by atoms with Crippen molar-refractivity contribution in [2.45, 2.75) is 13.3 Å². The van der Waals surface area contributed by atoms with Crippen LogP contribution in [0.4, 0.5) is 0 Å². The first-order chi connectivity index (χ1) is 11.7. The van der Waals surface area contributed by atoms with Gasteiger partial charge in [-0.3, -0.25) is 4.79 Å². The molecule has 0 unspecified atom stereocenters. The monoisotopic (exact) mass is 338 g/mol. The van der Waals surface area contributed by atoms with E-state index in [1.165, 1.54) is 0 Å². The number of rotatable bonds is 5. The lowest BCUT2D eigenvalue weighted by atomic mass is 10.0. The Kier molecular flexibility index (Phi) is 4.91. The largest absolute Gasteiger partial charge is 0.497 e. The van der Waals surface area contributed by atoms with Crippen LogP contribution in [0.1, 0.15) is 17.4 Å². The van der Waals surface area contributed by atoms with Crippen molar-refractivity contribution in [1.82, 2.24) is 5.43 Å². The van der Waals surface area contributed by atoms with Gasteiger partial charge in [-0.25, -0.2) is 5.43 Å². The predicted molar refractivity (Wildman–Crippen MR) is 98.9 cm³/mol.